The van der Waals surface area contributed by atoms with Gasteiger partial charge in [0.2, 0.25) is 0 Å². The molecule has 1 atom stereocenters. The SMILES string of the molecule is C=CCOCCN1CCC(O)(c2cccc(Br)c2)C1. The predicted octanol–water partition coefficient (Wildman–Crippen LogP) is 2.55. The van der Waals surface area contributed by atoms with E-state index in [0.717, 1.165) is 29.5 Å². The van der Waals surface area contributed by atoms with Crippen LogP contribution in [0.4, 0.5) is 0 Å². The minimum absolute atomic E-state index is 0.587. The number of benzene rings is 1. The van der Waals surface area contributed by atoms with Crippen LogP contribution >= 0.6 is 15.9 Å². The quantitative estimate of drug-likeness (QED) is 0.644. The molecule has 0 bridgehead atoms. The van der Waals surface area contributed by atoms with Crippen LogP contribution in [-0.2, 0) is 10.3 Å². The Bertz CT molecular complexity index is 438. The largest absolute Gasteiger partial charge is 0.384 e. The van der Waals surface area contributed by atoms with Gasteiger partial charge in [0.15, 0.2) is 0 Å². The van der Waals surface area contributed by atoms with Crippen molar-refractivity contribution in [3.05, 3.63) is 47.0 Å². The number of hydrogen-bond donors (Lipinski definition) is 1. The molecule has 1 saturated heterocycles. The lowest BCUT2D eigenvalue weighted by Gasteiger charge is -2.24. The molecule has 3 nitrogen and oxygen atoms in total. The molecule has 0 spiro atoms. The summed E-state index contributed by atoms with van der Waals surface area (Å²) in [5.74, 6) is 0. The van der Waals surface area contributed by atoms with Gasteiger partial charge in [-0.25, -0.2) is 0 Å². The van der Waals surface area contributed by atoms with Crippen LogP contribution in [0, 0.1) is 0 Å². The zero-order valence-electron chi connectivity index (χ0n) is 11.0. The van der Waals surface area contributed by atoms with Crippen LogP contribution in [0.3, 0.4) is 0 Å². The molecule has 1 fully saturated rings. The molecule has 0 aromatic heterocycles. The second-order valence-corrected chi connectivity index (χ2v) is 5.85. The van der Waals surface area contributed by atoms with Crippen LogP contribution in [0.5, 0.6) is 0 Å². The van der Waals surface area contributed by atoms with Crippen molar-refractivity contribution in [3.8, 4) is 0 Å². The number of aliphatic hydroxyl groups is 1. The highest BCUT2D eigenvalue weighted by Crippen LogP contribution is 2.32. The summed E-state index contributed by atoms with van der Waals surface area (Å²) in [6.07, 6.45) is 2.52. The first-order valence-electron chi connectivity index (χ1n) is 6.53. The highest BCUT2D eigenvalue weighted by atomic mass is 79.9. The van der Waals surface area contributed by atoms with Gasteiger partial charge in [0.25, 0.3) is 0 Å². The minimum atomic E-state index is -0.734. The second kappa shape index (κ2) is 6.66. The van der Waals surface area contributed by atoms with E-state index in [1.165, 1.54) is 0 Å². The Morgan fingerprint density at radius 1 is 1.53 bits per heavy atom. The molecular formula is C15H20BrNO2. The second-order valence-electron chi connectivity index (χ2n) is 4.93. The molecule has 2 rings (SSSR count). The third-order valence-corrected chi connectivity index (χ3v) is 3.97. The maximum atomic E-state index is 10.7. The van der Waals surface area contributed by atoms with Crippen molar-refractivity contribution in [2.75, 3.05) is 32.8 Å². The molecule has 1 aromatic carbocycles. The van der Waals surface area contributed by atoms with Crippen molar-refractivity contribution >= 4 is 15.9 Å². The van der Waals surface area contributed by atoms with E-state index in [9.17, 15) is 5.11 Å². The summed E-state index contributed by atoms with van der Waals surface area (Å²) >= 11 is 3.45. The Balaban J connectivity index is 1.91. The van der Waals surface area contributed by atoms with Gasteiger partial charge in [-0.05, 0) is 24.1 Å². The van der Waals surface area contributed by atoms with Crippen molar-refractivity contribution in [2.24, 2.45) is 0 Å². The molecule has 1 aliphatic rings. The van der Waals surface area contributed by atoms with Crippen molar-refractivity contribution in [2.45, 2.75) is 12.0 Å². The van der Waals surface area contributed by atoms with E-state index in [4.69, 9.17) is 4.74 Å². The van der Waals surface area contributed by atoms with Gasteiger partial charge in [0, 0.05) is 24.1 Å². The van der Waals surface area contributed by atoms with E-state index in [1.807, 2.05) is 24.3 Å². The summed E-state index contributed by atoms with van der Waals surface area (Å²) in [4.78, 5) is 2.24. The van der Waals surface area contributed by atoms with E-state index >= 15 is 0 Å². The fourth-order valence-electron chi connectivity index (χ4n) is 2.44. The number of β-amino-alcohol motifs (C(OH)–C–C–N with tert-alkyl or cyclic N) is 1. The van der Waals surface area contributed by atoms with Crippen molar-refractivity contribution in [1.82, 2.24) is 4.90 Å². The molecule has 4 heteroatoms. The number of ether oxygens (including phenoxy) is 1. The highest BCUT2D eigenvalue weighted by molar-refractivity contribution is 9.10. The minimum Gasteiger partial charge on any atom is -0.384 e. The Labute approximate surface area is 123 Å². The molecule has 1 heterocycles. The van der Waals surface area contributed by atoms with E-state index in [2.05, 4.69) is 27.4 Å². The normalized spacial score (nSPS) is 23.7. The Kier molecular flexibility index (Phi) is 5.16. The molecule has 0 saturated carbocycles. The van der Waals surface area contributed by atoms with Crippen LogP contribution < -0.4 is 0 Å². The first-order chi connectivity index (χ1) is 9.14. The Morgan fingerprint density at radius 3 is 3.11 bits per heavy atom. The van der Waals surface area contributed by atoms with Crippen molar-refractivity contribution < 1.29 is 9.84 Å². The Hall–Kier alpha value is -0.680. The molecule has 104 valence electrons. The van der Waals surface area contributed by atoms with Gasteiger partial charge in [-0.15, -0.1) is 6.58 Å². The maximum absolute atomic E-state index is 10.7. The Morgan fingerprint density at radius 2 is 2.37 bits per heavy atom. The number of nitrogens with zero attached hydrogens (tertiary/aromatic N) is 1. The van der Waals surface area contributed by atoms with Gasteiger partial charge in [-0.3, -0.25) is 4.90 Å². The monoisotopic (exact) mass is 325 g/mol. The average Bonchev–Trinajstić information content (AvgIpc) is 2.78. The molecule has 1 aliphatic heterocycles. The first kappa shape index (κ1) is 14.7. The van der Waals surface area contributed by atoms with Crippen molar-refractivity contribution in [3.63, 3.8) is 0 Å². The highest BCUT2D eigenvalue weighted by Gasteiger charge is 2.37. The fraction of sp³-hybridized carbons (Fsp3) is 0.467. The van der Waals surface area contributed by atoms with E-state index in [-0.39, 0.29) is 0 Å². The van der Waals surface area contributed by atoms with Gasteiger partial charge < -0.3 is 9.84 Å². The summed E-state index contributed by atoms with van der Waals surface area (Å²) in [5, 5.41) is 10.7. The molecule has 1 N–H and O–H groups in total. The number of hydrogen-bond acceptors (Lipinski definition) is 3. The average molecular weight is 326 g/mol. The summed E-state index contributed by atoms with van der Waals surface area (Å²) in [6, 6.07) is 7.93. The molecule has 0 radical (unpaired) electrons. The molecule has 1 aromatic rings. The molecule has 1 unspecified atom stereocenters. The number of rotatable bonds is 6. The lowest BCUT2D eigenvalue weighted by atomic mass is 9.93. The van der Waals surface area contributed by atoms with Gasteiger partial charge >= 0.3 is 0 Å². The number of halogens is 1. The van der Waals surface area contributed by atoms with Gasteiger partial charge in [-0.2, -0.15) is 0 Å². The number of likely N-dealkylation sites (tertiary alicyclic amines) is 1. The third kappa shape index (κ3) is 3.89. The zero-order chi connectivity index (χ0) is 13.7. The molecule has 19 heavy (non-hydrogen) atoms. The van der Waals surface area contributed by atoms with Crippen LogP contribution in [0.15, 0.2) is 41.4 Å². The zero-order valence-corrected chi connectivity index (χ0v) is 12.6. The van der Waals surface area contributed by atoms with E-state index in [0.29, 0.717) is 19.8 Å². The first-order valence-corrected chi connectivity index (χ1v) is 7.33. The summed E-state index contributed by atoms with van der Waals surface area (Å²) < 4.78 is 6.39. The van der Waals surface area contributed by atoms with Gasteiger partial charge in [-0.1, -0.05) is 34.1 Å². The van der Waals surface area contributed by atoms with E-state index in [1.54, 1.807) is 6.08 Å². The third-order valence-electron chi connectivity index (χ3n) is 3.48. The summed E-state index contributed by atoms with van der Waals surface area (Å²) in [6.45, 7) is 7.31. The molecular weight excluding hydrogens is 306 g/mol. The van der Waals surface area contributed by atoms with Crippen LogP contribution in [0.2, 0.25) is 0 Å². The smallest absolute Gasteiger partial charge is 0.103 e. The molecule has 0 amide bonds. The van der Waals surface area contributed by atoms with Crippen LogP contribution in [0.25, 0.3) is 0 Å². The maximum Gasteiger partial charge on any atom is 0.103 e. The van der Waals surface area contributed by atoms with Crippen molar-refractivity contribution in [1.29, 1.82) is 0 Å². The van der Waals surface area contributed by atoms with Crippen LogP contribution in [0.1, 0.15) is 12.0 Å². The summed E-state index contributed by atoms with van der Waals surface area (Å²) in [7, 11) is 0. The van der Waals surface area contributed by atoms with E-state index < -0.39 is 5.60 Å². The predicted molar refractivity (Wildman–Crippen MR) is 80.1 cm³/mol. The lowest BCUT2D eigenvalue weighted by molar-refractivity contribution is 0.0417. The van der Waals surface area contributed by atoms with Gasteiger partial charge in [0.05, 0.1) is 13.2 Å². The topological polar surface area (TPSA) is 32.7 Å². The summed E-state index contributed by atoms with van der Waals surface area (Å²) in [5.41, 5.74) is 0.249. The standard InChI is InChI=1S/C15H20BrNO2/c1-2-9-19-10-8-17-7-6-15(18,12-17)13-4-3-5-14(16)11-13/h2-5,11,18H,1,6-10,12H2. The molecule has 0 aliphatic carbocycles. The van der Waals surface area contributed by atoms with Gasteiger partial charge in [0.1, 0.15) is 5.60 Å². The fourth-order valence-corrected chi connectivity index (χ4v) is 2.84. The van der Waals surface area contributed by atoms with Crippen LogP contribution in [-0.4, -0.2) is 42.9 Å². The lowest BCUT2D eigenvalue weighted by Crippen LogP contribution is -2.32.